The number of nitrogens with zero attached hydrogens (tertiary/aromatic N) is 3. The molecule has 172 valence electrons. The molecule has 4 atom stereocenters. The Labute approximate surface area is 189 Å². The minimum absolute atomic E-state index is 0.0415. The minimum atomic E-state index is -1.09. The van der Waals surface area contributed by atoms with Crippen molar-refractivity contribution in [1.82, 2.24) is 20.1 Å². The van der Waals surface area contributed by atoms with Crippen molar-refractivity contribution < 1.29 is 18.6 Å². The van der Waals surface area contributed by atoms with Gasteiger partial charge >= 0.3 is 0 Å². The molecule has 2 saturated heterocycles. The van der Waals surface area contributed by atoms with Gasteiger partial charge in [0, 0.05) is 42.4 Å². The van der Waals surface area contributed by atoms with Crippen molar-refractivity contribution in [3.8, 4) is 34.0 Å². The van der Waals surface area contributed by atoms with E-state index in [-0.39, 0.29) is 23.7 Å². The number of fused-ring (bicyclic) bond motifs is 2. The van der Waals surface area contributed by atoms with E-state index in [1.165, 1.54) is 18.3 Å². The topological polar surface area (TPSA) is 89.3 Å². The van der Waals surface area contributed by atoms with E-state index >= 15 is 0 Å². The molecule has 2 aliphatic rings. The highest BCUT2D eigenvalue weighted by Crippen LogP contribution is 2.33. The second kappa shape index (κ2) is 8.90. The van der Waals surface area contributed by atoms with Crippen LogP contribution in [0.2, 0.25) is 0 Å². The van der Waals surface area contributed by atoms with Gasteiger partial charge in [0.25, 0.3) is 5.56 Å². The van der Waals surface area contributed by atoms with Crippen molar-refractivity contribution in [1.29, 1.82) is 0 Å². The molecule has 2 aromatic heterocycles. The molecule has 0 amide bonds. The van der Waals surface area contributed by atoms with Crippen LogP contribution in [0.5, 0.6) is 11.6 Å². The molecule has 2 fully saturated rings. The number of phenols is 1. The third-order valence-electron chi connectivity index (χ3n) is 6.42. The van der Waals surface area contributed by atoms with Gasteiger partial charge in [-0.2, -0.15) is 0 Å². The van der Waals surface area contributed by atoms with Gasteiger partial charge in [-0.05, 0) is 48.2 Å². The summed E-state index contributed by atoms with van der Waals surface area (Å²) >= 11 is 0. The molecular formula is C24H24F2N4O3. The summed E-state index contributed by atoms with van der Waals surface area (Å²) in [7, 11) is 0. The molecular weight excluding hydrogens is 430 g/mol. The first-order chi connectivity index (χ1) is 16.0. The van der Waals surface area contributed by atoms with Crippen LogP contribution in [0.4, 0.5) is 8.78 Å². The van der Waals surface area contributed by atoms with Gasteiger partial charge in [-0.15, -0.1) is 10.2 Å². The summed E-state index contributed by atoms with van der Waals surface area (Å²) < 4.78 is 34.2. The molecule has 7 nitrogen and oxygen atoms in total. The van der Waals surface area contributed by atoms with E-state index in [1.807, 2.05) is 0 Å². The molecule has 2 aliphatic heterocycles. The summed E-state index contributed by atoms with van der Waals surface area (Å²) in [5, 5.41) is 22.1. The summed E-state index contributed by atoms with van der Waals surface area (Å²) in [6, 6.07) is 11.2. The second-order valence-electron chi connectivity index (χ2n) is 8.57. The van der Waals surface area contributed by atoms with Crippen LogP contribution in [0.15, 0.2) is 53.5 Å². The summed E-state index contributed by atoms with van der Waals surface area (Å²) in [6.07, 6.45) is 3.19. The quantitative estimate of drug-likeness (QED) is 0.612. The number of piperidine rings is 2. The Morgan fingerprint density at radius 1 is 1.12 bits per heavy atom. The number of benzene rings is 1. The number of aromatic hydroxyl groups is 1. The average molecular weight is 454 g/mol. The van der Waals surface area contributed by atoms with E-state index < -0.39 is 24.6 Å². The van der Waals surface area contributed by atoms with Crippen molar-refractivity contribution in [2.75, 3.05) is 0 Å². The number of hydrogen-bond acceptors (Lipinski definition) is 6. The fourth-order valence-corrected chi connectivity index (χ4v) is 4.67. The van der Waals surface area contributed by atoms with E-state index in [0.29, 0.717) is 28.8 Å². The van der Waals surface area contributed by atoms with E-state index in [2.05, 4.69) is 15.5 Å². The zero-order valence-corrected chi connectivity index (χ0v) is 17.8. The molecule has 5 rings (SSSR count). The van der Waals surface area contributed by atoms with Gasteiger partial charge in [-0.3, -0.25) is 9.36 Å². The Bertz CT molecular complexity index is 1200. The van der Waals surface area contributed by atoms with Crippen LogP contribution in [0.25, 0.3) is 22.4 Å². The number of aromatic nitrogens is 3. The zero-order valence-electron chi connectivity index (χ0n) is 17.8. The van der Waals surface area contributed by atoms with E-state index in [0.717, 1.165) is 23.8 Å². The van der Waals surface area contributed by atoms with Crippen molar-refractivity contribution in [3.05, 3.63) is 59.0 Å². The van der Waals surface area contributed by atoms with E-state index in [4.69, 9.17) is 4.74 Å². The Kier molecular flexibility index (Phi) is 5.80. The number of phenolic OH excluding ortho intramolecular Hbond substituents is 1. The standard InChI is InChI=1S/C24H24F2N4O3/c25-13-30-9-8-15(11-23(30)32)14-4-5-17(20(31)10-14)18-6-7-22(29-28-18)33-21-12-16-2-1-3-19(27-16)24(21)26/h4-11,16,19,21,24,27,31H,1-3,12-13H2/t16?,19?,21-,24+/m0/s1. The SMILES string of the molecule is O=c1cc(-c2ccc(-c3ccc(O[C@H]4CC5CCCC(N5)[C@H]4F)nn3)c(O)c2)ccn1CF. The zero-order chi connectivity index (χ0) is 22.9. The first-order valence-corrected chi connectivity index (χ1v) is 11.0. The Morgan fingerprint density at radius 3 is 2.70 bits per heavy atom. The molecule has 0 radical (unpaired) electrons. The lowest BCUT2D eigenvalue weighted by atomic mass is 9.84. The number of pyridine rings is 1. The number of rotatable bonds is 5. The number of nitrogens with one attached hydrogen (secondary N) is 1. The maximum absolute atomic E-state index is 14.7. The molecule has 3 aromatic rings. The Balaban J connectivity index is 1.32. The highest BCUT2D eigenvalue weighted by Gasteiger charge is 2.41. The summed E-state index contributed by atoms with van der Waals surface area (Å²) in [6.45, 7) is -0.896. The fourth-order valence-electron chi connectivity index (χ4n) is 4.67. The van der Waals surface area contributed by atoms with E-state index in [9.17, 15) is 18.7 Å². The lowest BCUT2D eigenvalue weighted by Gasteiger charge is -2.42. The highest BCUT2D eigenvalue weighted by molar-refractivity contribution is 5.74. The van der Waals surface area contributed by atoms with Gasteiger partial charge in [0.2, 0.25) is 5.88 Å². The van der Waals surface area contributed by atoms with Crippen LogP contribution in [0, 0.1) is 0 Å². The van der Waals surface area contributed by atoms with Crippen molar-refractivity contribution in [2.24, 2.45) is 0 Å². The molecule has 4 heterocycles. The maximum atomic E-state index is 14.7. The molecule has 9 heteroatoms. The first-order valence-electron chi connectivity index (χ1n) is 11.0. The molecule has 2 N–H and O–H groups in total. The molecule has 2 bridgehead atoms. The van der Waals surface area contributed by atoms with Crippen LogP contribution in [0.3, 0.4) is 0 Å². The Morgan fingerprint density at radius 2 is 1.97 bits per heavy atom. The van der Waals surface area contributed by atoms with Gasteiger partial charge in [0.15, 0.2) is 13.0 Å². The van der Waals surface area contributed by atoms with Crippen molar-refractivity contribution in [3.63, 3.8) is 0 Å². The van der Waals surface area contributed by atoms with Crippen LogP contribution in [-0.4, -0.2) is 44.2 Å². The summed E-state index contributed by atoms with van der Waals surface area (Å²) in [5.74, 6) is 0.205. The van der Waals surface area contributed by atoms with Crippen molar-refractivity contribution >= 4 is 0 Å². The molecule has 0 spiro atoms. The number of hydrogen-bond donors (Lipinski definition) is 2. The number of alkyl halides is 2. The van der Waals surface area contributed by atoms with Crippen LogP contribution < -0.4 is 15.6 Å². The molecule has 1 aromatic carbocycles. The van der Waals surface area contributed by atoms with Crippen LogP contribution in [-0.2, 0) is 6.80 Å². The lowest BCUT2D eigenvalue weighted by Crippen LogP contribution is -2.59. The van der Waals surface area contributed by atoms with Gasteiger partial charge in [-0.1, -0.05) is 12.5 Å². The predicted octanol–water partition coefficient (Wildman–Crippen LogP) is 3.60. The second-order valence-corrected chi connectivity index (χ2v) is 8.57. The largest absolute Gasteiger partial charge is 0.507 e. The van der Waals surface area contributed by atoms with Gasteiger partial charge in [-0.25, -0.2) is 8.78 Å². The van der Waals surface area contributed by atoms with Gasteiger partial charge in [0.1, 0.15) is 11.9 Å². The highest BCUT2D eigenvalue weighted by atomic mass is 19.1. The summed E-state index contributed by atoms with van der Waals surface area (Å²) in [4.78, 5) is 11.9. The van der Waals surface area contributed by atoms with Crippen molar-refractivity contribution in [2.45, 2.75) is 56.8 Å². The monoisotopic (exact) mass is 454 g/mol. The molecule has 33 heavy (non-hydrogen) atoms. The molecule has 0 saturated carbocycles. The minimum Gasteiger partial charge on any atom is -0.507 e. The van der Waals surface area contributed by atoms with Gasteiger partial charge in [0.05, 0.1) is 5.69 Å². The molecule has 0 aliphatic carbocycles. The number of ether oxygens (including phenoxy) is 1. The smallest absolute Gasteiger partial charge is 0.253 e. The summed E-state index contributed by atoms with van der Waals surface area (Å²) in [5.41, 5.74) is 1.59. The number of halogens is 2. The fraction of sp³-hybridized carbons (Fsp3) is 0.375. The molecule has 2 unspecified atom stereocenters. The normalized spacial score (nSPS) is 24.4. The Hall–Kier alpha value is -3.33. The van der Waals surface area contributed by atoms with Crippen LogP contribution in [0.1, 0.15) is 25.7 Å². The maximum Gasteiger partial charge on any atom is 0.253 e. The third-order valence-corrected chi connectivity index (χ3v) is 6.42. The lowest BCUT2D eigenvalue weighted by molar-refractivity contribution is 0.00652. The average Bonchev–Trinajstić information content (AvgIpc) is 2.83. The third kappa shape index (κ3) is 4.32. The van der Waals surface area contributed by atoms with E-state index in [1.54, 1.807) is 30.3 Å². The predicted molar refractivity (Wildman–Crippen MR) is 118 cm³/mol. The van der Waals surface area contributed by atoms with Crippen LogP contribution >= 0.6 is 0 Å². The first kappa shape index (κ1) is 21.5. The van der Waals surface area contributed by atoms with Gasteiger partial charge < -0.3 is 15.2 Å².